The highest BCUT2D eigenvalue weighted by molar-refractivity contribution is 4.85. The van der Waals surface area contributed by atoms with Crippen molar-refractivity contribution in [2.24, 2.45) is 0 Å². The molecule has 0 spiro atoms. The van der Waals surface area contributed by atoms with Gasteiger partial charge in [0.1, 0.15) is 0 Å². The fourth-order valence-corrected chi connectivity index (χ4v) is 2.66. The Morgan fingerprint density at radius 3 is 2.93 bits per heavy atom. The summed E-state index contributed by atoms with van der Waals surface area (Å²) in [6.45, 7) is 5.80. The van der Waals surface area contributed by atoms with Crippen LogP contribution in [0, 0.1) is 0 Å². The van der Waals surface area contributed by atoms with Gasteiger partial charge >= 0.3 is 0 Å². The molecule has 0 aromatic rings. The average molecular weight is 213 g/mol. The molecule has 4 nitrogen and oxygen atoms in total. The third-order valence-electron chi connectivity index (χ3n) is 3.64. The number of hydrogen-bond donors (Lipinski definition) is 2. The minimum atomic E-state index is 0.289. The first-order valence-electron chi connectivity index (χ1n) is 6.06. The molecule has 0 aromatic heterocycles. The summed E-state index contributed by atoms with van der Waals surface area (Å²) in [6.07, 6.45) is 2.60. The molecule has 2 aliphatic heterocycles. The number of aliphatic hydroxyl groups excluding tert-OH is 1. The molecule has 2 saturated heterocycles. The lowest BCUT2D eigenvalue weighted by molar-refractivity contribution is 0.0459. The standard InChI is InChI=1S/C11H23N3O/c1-13-5-6-14(11(8-13)9-15)7-10-3-2-4-12-10/h10-12,15H,2-9H2,1H3. The number of nitrogens with one attached hydrogen (secondary N) is 1. The molecule has 2 aliphatic rings. The van der Waals surface area contributed by atoms with Gasteiger partial charge < -0.3 is 15.3 Å². The molecule has 2 unspecified atom stereocenters. The lowest BCUT2D eigenvalue weighted by Crippen LogP contribution is -2.56. The van der Waals surface area contributed by atoms with E-state index >= 15 is 0 Å². The van der Waals surface area contributed by atoms with Crippen molar-refractivity contribution < 1.29 is 5.11 Å². The van der Waals surface area contributed by atoms with Crippen LogP contribution in [0.1, 0.15) is 12.8 Å². The highest BCUT2D eigenvalue weighted by Gasteiger charge is 2.27. The maximum Gasteiger partial charge on any atom is 0.0599 e. The van der Waals surface area contributed by atoms with E-state index in [1.807, 2.05) is 0 Å². The number of likely N-dealkylation sites (N-methyl/N-ethyl adjacent to an activating group) is 1. The minimum Gasteiger partial charge on any atom is -0.395 e. The Labute approximate surface area is 92.2 Å². The lowest BCUT2D eigenvalue weighted by Gasteiger charge is -2.40. The Hall–Kier alpha value is -0.160. The van der Waals surface area contributed by atoms with E-state index in [4.69, 9.17) is 0 Å². The Morgan fingerprint density at radius 1 is 1.40 bits per heavy atom. The first kappa shape index (κ1) is 11.3. The zero-order valence-corrected chi connectivity index (χ0v) is 9.65. The molecule has 0 amide bonds. The summed E-state index contributed by atoms with van der Waals surface area (Å²) in [5.41, 5.74) is 0. The van der Waals surface area contributed by atoms with Gasteiger partial charge in [-0.3, -0.25) is 4.90 Å². The molecule has 2 heterocycles. The van der Waals surface area contributed by atoms with E-state index < -0.39 is 0 Å². The van der Waals surface area contributed by atoms with E-state index in [0.717, 1.165) is 26.2 Å². The molecule has 2 fully saturated rings. The van der Waals surface area contributed by atoms with Gasteiger partial charge in [-0.05, 0) is 26.4 Å². The topological polar surface area (TPSA) is 38.7 Å². The largest absolute Gasteiger partial charge is 0.395 e. The molecule has 0 saturated carbocycles. The van der Waals surface area contributed by atoms with Crippen LogP contribution in [0.25, 0.3) is 0 Å². The monoisotopic (exact) mass is 213 g/mol. The van der Waals surface area contributed by atoms with E-state index in [9.17, 15) is 5.11 Å². The number of rotatable bonds is 3. The molecule has 0 radical (unpaired) electrons. The van der Waals surface area contributed by atoms with Crippen LogP contribution < -0.4 is 5.32 Å². The average Bonchev–Trinajstić information content (AvgIpc) is 2.73. The zero-order valence-electron chi connectivity index (χ0n) is 9.65. The van der Waals surface area contributed by atoms with Gasteiger partial charge in [-0.25, -0.2) is 0 Å². The Kier molecular flexibility index (Phi) is 3.97. The van der Waals surface area contributed by atoms with Gasteiger partial charge in [0.25, 0.3) is 0 Å². The summed E-state index contributed by atoms with van der Waals surface area (Å²) >= 11 is 0. The first-order valence-corrected chi connectivity index (χ1v) is 6.06. The second-order valence-electron chi connectivity index (χ2n) is 4.89. The molecule has 0 aliphatic carbocycles. The summed E-state index contributed by atoms with van der Waals surface area (Å²) in [5.74, 6) is 0. The lowest BCUT2D eigenvalue weighted by atomic mass is 10.1. The molecular formula is C11H23N3O. The van der Waals surface area contributed by atoms with Gasteiger partial charge in [0.05, 0.1) is 6.61 Å². The Balaban J connectivity index is 1.83. The van der Waals surface area contributed by atoms with Crippen LogP contribution in [0.4, 0.5) is 0 Å². The third-order valence-corrected chi connectivity index (χ3v) is 3.64. The van der Waals surface area contributed by atoms with E-state index in [0.29, 0.717) is 12.1 Å². The molecule has 4 heteroatoms. The van der Waals surface area contributed by atoms with Crippen LogP contribution in [0.5, 0.6) is 0 Å². The summed E-state index contributed by atoms with van der Waals surface area (Å²) in [4.78, 5) is 4.75. The van der Waals surface area contributed by atoms with Crippen molar-refractivity contribution in [1.82, 2.24) is 15.1 Å². The van der Waals surface area contributed by atoms with Gasteiger partial charge in [0.2, 0.25) is 0 Å². The van der Waals surface area contributed by atoms with Crippen LogP contribution in [0.15, 0.2) is 0 Å². The first-order chi connectivity index (χ1) is 7.29. The molecule has 0 bridgehead atoms. The van der Waals surface area contributed by atoms with Crippen LogP contribution >= 0.6 is 0 Å². The highest BCUT2D eigenvalue weighted by Crippen LogP contribution is 2.12. The van der Waals surface area contributed by atoms with Gasteiger partial charge in [-0.1, -0.05) is 0 Å². The molecule has 2 N–H and O–H groups in total. The Morgan fingerprint density at radius 2 is 2.27 bits per heavy atom. The van der Waals surface area contributed by atoms with Gasteiger partial charge in [0, 0.05) is 38.3 Å². The normalized spacial score (nSPS) is 34.8. The second-order valence-corrected chi connectivity index (χ2v) is 4.89. The SMILES string of the molecule is CN1CCN(CC2CCCN2)C(CO)C1. The molecular weight excluding hydrogens is 190 g/mol. The predicted molar refractivity (Wildman–Crippen MR) is 61.0 cm³/mol. The number of hydrogen-bond acceptors (Lipinski definition) is 4. The molecule has 88 valence electrons. The van der Waals surface area contributed by atoms with E-state index in [1.165, 1.54) is 19.4 Å². The van der Waals surface area contributed by atoms with Crippen molar-refractivity contribution in [3.8, 4) is 0 Å². The zero-order chi connectivity index (χ0) is 10.7. The third kappa shape index (κ3) is 2.91. The maximum absolute atomic E-state index is 9.36. The number of aliphatic hydroxyl groups is 1. The van der Waals surface area contributed by atoms with Crippen molar-refractivity contribution in [3.63, 3.8) is 0 Å². The molecule has 2 rings (SSSR count). The van der Waals surface area contributed by atoms with Crippen LogP contribution in [-0.4, -0.2) is 73.4 Å². The van der Waals surface area contributed by atoms with Crippen molar-refractivity contribution in [2.45, 2.75) is 24.9 Å². The van der Waals surface area contributed by atoms with E-state index in [1.54, 1.807) is 0 Å². The summed E-state index contributed by atoms with van der Waals surface area (Å²) in [5, 5.41) is 12.9. The Bertz CT molecular complexity index is 194. The summed E-state index contributed by atoms with van der Waals surface area (Å²) < 4.78 is 0. The van der Waals surface area contributed by atoms with E-state index in [-0.39, 0.29) is 6.61 Å². The quantitative estimate of drug-likeness (QED) is 0.653. The molecule has 2 atom stereocenters. The second kappa shape index (κ2) is 5.25. The van der Waals surface area contributed by atoms with Crippen molar-refractivity contribution in [3.05, 3.63) is 0 Å². The number of piperazine rings is 1. The van der Waals surface area contributed by atoms with Gasteiger partial charge in [0.15, 0.2) is 0 Å². The number of nitrogens with zero attached hydrogens (tertiary/aromatic N) is 2. The predicted octanol–water partition coefficient (Wildman–Crippen LogP) is -0.653. The van der Waals surface area contributed by atoms with Crippen molar-refractivity contribution >= 4 is 0 Å². The van der Waals surface area contributed by atoms with E-state index in [2.05, 4.69) is 22.2 Å². The smallest absolute Gasteiger partial charge is 0.0599 e. The van der Waals surface area contributed by atoms with Gasteiger partial charge in [-0.15, -0.1) is 0 Å². The van der Waals surface area contributed by atoms with Crippen molar-refractivity contribution in [1.29, 1.82) is 0 Å². The molecule has 15 heavy (non-hydrogen) atoms. The highest BCUT2D eigenvalue weighted by atomic mass is 16.3. The summed E-state index contributed by atoms with van der Waals surface area (Å²) in [7, 11) is 2.13. The fourth-order valence-electron chi connectivity index (χ4n) is 2.66. The van der Waals surface area contributed by atoms with Crippen molar-refractivity contribution in [2.75, 3.05) is 46.4 Å². The maximum atomic E-state index is 9.36. The molecule has 0 aromatic carbocycles. The van der Waals surface area contributed by atoms with Gasteiger partial charge in [-0.2, -0.15) is 0 Å². The minimum absolute atomic E-state index is 0.289. The summed E-state index contributed by atoms with van der Waals surface area (Å²) in [6, 6.07) is 0.994. The van der Waals surface area contributed by atoms with Crippen LogP contribution in [0.2, 0.25) is 0 Å². The van der Waals surface area contributed by atoms with Crippen LogP contribution in [-0.2, 0) is 0 Å². The fraction of sp³-hybridized carbons (Fsp3) is 1.00. The van der Waals surface area contributed by atoms with Crippen LogP contribution in [0.3, 0.4) is 0 Å².